The first-order chi connectivity index (χ1) is 14.6. The molecule has 1 aliphatic rings. The van der Waals surface area contributed by atoms with Gasteiger partial charge in [0.2, 0.25) is 0 Å². The molecule has 0 saturated heterocycles. The molecule has 1 heterocycles. The maximum absolute atomic E-state index is 11.8. The molecule has 0 saturated carbocycles. The van der Waals surface area contributed by atoms with Crippen molar-refractivity contribution in [3.05, 3.63) is 64.7 Å². The average Bonchev–Trinajstić information content (AvgIpc) is 2.72. The zero-order valence-corrected chi connectivity index (χ0v) is 22.8. The van der Waals surface area contributed by atoms with Crippen molar-refractivity contribution < 1.29 is 8.42 Å². The van der Waals surface area contributed by atoms with Crippen molar-refractivity contribution in [2.75, 3.05) is 26.4 Å². The maximum atomic E-state index is 11.8. The predicted octanol–water partition coefficient (Wildman–Crippen LogP) is 3.52. The first-order valence-electron chi connectivity index (χ1n) is 10.7. The van der Waals surface area contributed by atoms with Gasteiger partial charge in [0.25, 0.3) is 0 Å². The zero-order chi connectivity index (χ0) is 22.6. The monoisotopic (exact) mass is 570 g/mol. The second kappa shape index (κ2) is 11.0. The summed E-state index contributed by atoms with van der Waals surface area (Å²) >= 11 is 0. The molecule has 0 amide bonds. The number of guanidine groups is 1. The lowest BCUT2D eigenvalue weighted by molar-refractivity contribution is 0.107. The van der Waals surface area contributed by atoms with E-state index in [0.29, 0.717) is 11.4 Å². The first-order valence-corrected chi connectivity index (χ1v) is 12.6. The summed E-state index contributed by atoms with van der Waals surface area (Å²) in [5, 5.41) is 6.79. The normalized spacial score (nSPS) is 15.0. The fraction of sp³-hybridized carbons (Fsp3) is 0.458. The lowest BCUT2D eigenvalue weighted by Crippen LogP contribution is -2.54. The van der Waals surface area contributed by atoms with Crippen molar-refractivity contribution >= 4 is 39.8 Å². The smallest absolute Gasteiger partial charge is 0.191 e. The third-order valence-electron chi connectivity index (χ3n) is 6.00. The molecule has 0 unspecified atom stereocenters. The van der Waals surface area contributed by atoms with Crippen LogP contribution in [0.3, 0.4) is 0 Å². The number of hydrogen-bond acceptors (Lipinski definition) is 4. The van der Waals surface area contributed by atoms with Crippen molar-refractivity contribution in [3.8, 4) is 0 Å². The topological polar surface area (TPSA) is 73.8 Å². The van der Waals surface area contributed by atoms with Crippen LogP contribution in [-0.2, 0) is 29.3 Å². The summed E-state index contributed by atoms with van der Waals surface area (Å²) < 4.78 is 23.6. The summed E-state index contributed by atoms with van der Waals surface area (Å²) in [6.07, 6.45) is 2.32. The van der Waals surface area contributed by atoms with Crippen LogP contribution in [0.5, 0.6) is 0 Å². The Labute approximate surface area is 209 Å². The average molecular weight is 571 g/mol. The molecule has 8 heteroatoms. The molecule has 2 N–H and O–H groups in total. The number of hydrogen-bond donors (Lipinski definition) is 2. The fourth-order valence-electron chi connectivity index (χ4n) is 4.07. The fourth-order valence-corrected chi connectivity index (χ4v) is 5.03. The van der Waals surface area contributed by atoms with E-state index in [1.165, 1.54) is 17.4 Å². The molecule has 0 aliphatic carbocycles. The molecule has 2 aromatic carbocycles. The first kappa shape index (κ1) is 26.6. The summed E-state index contributed by atoms with van der Waals surface area (Å²) in [5.74, 6) is 0.732. The molecule has 3 rings (SSSR count). The highest BCUT2D eigenvalue weighted by atomic mass is 127. The van der Waals surface area contributed by atoms with Crippen molar-refractivity contribution in [1.82, 2.24) is 15.5 Å². The second-order valence-corrected chi connectivity index (χ2v) is 10.9. The number of nitrogens with one attached hydrogen (secondary N) is 2. The molecule has 0 radical (unpaired) electrons. The Morgan fingerprint density at radius 2 is 1.81 bits per heavy atom. The van der Waals surface area contributed by atoms with Crippen LogP contribution in [-0.4, -0.2) is 51.2 Å². The number of fused-ring (bicyclic) bond motifs is 1. The molecule has 176 valence electrons. The van der Waals surface area contributed by atoms with Crippen molar-refractivity contribution in [1.29, 1.82) is 0 Å². The van der Waals surface area contributed by atoms with E-state index in [2.05, 4.69) is 58.6 Å². The molecule has 0 spiro atoms. The SMILES string of the molecule is CN=C(NCc1ccc(S(C)(=O)=O)c(C)c1)NCC(C)(C)N1CCc2ccccc2C1.I. The highest BCUT2D eigenvalue weighted by Gasteiger charge is 2.29. The van der Waals surface area contributed by atoms with E-state index in [9.17, 15) is 8.42 Å². The number of benzene rings is 2. The van der Waals surface area contributed by atoms with Gasteiger partial charge in [-0.3, -0.25) is 9.89 Å². The molecule has 0 aromatic heterocycles. The van der Waals surface area contributed by atoms with Gasteiger partial charge in [0.05, 0.1) is 4.90 Å². The van der Waals surface area contributed by atoms with E-state index in [1.807, 2.05) is 19.1 Å². The minimum Gasteiger partial charge on any atom is -0.355 e. The highest BCUT2D eigenvalue weighted by Crippen LogP contribution is 2.25. The summed E-state index contributed by atoms with van der Waals surface area (Å²) in [7, 11) is -1.44. The Balaban J connectivity index is 0.00000363. The summed E-state index contributed by atoms with van der Waals surface area (Å²) in [6, 6.07) is 14.1. The largest absolute Gasteiger partial charge is 0.355 e. The molecule has 1 aliphatic heterocycles. The van der Waals surface area contributed by atoms with Crippen LogP contribution >= 0.6 is 24.0 Å². The third-order valence-corrected chi connectivity index (χ3v) is 7.25. The quantitative estimate of drug-likeness (QED) is 0.316. The van der Waals surface area contributed by atoms with Crippen LogP contribution in [0.25, 0.3) is 0 Å². The standard InChI is InChI=1S/C24H34N4O2S.HI/c1-18-14-19(10-11-22(18)31(5,29)30)15-26-23(25-4)27-17-24(2,3)28-13-12-20-8-6-7-9-21(20)16-28;/h6-11,14H,12-13,15-17H2,1-5H3,(H2,25,26,27);1H. The number of nitrogens with zero attached hydrogens (tertiary/aromatic N) is 2. The van der Waals surface area contributed by atoms with E-state index in [1.54, 1.807) is 13.1 Å². The van der Waals surface area contributed by atoms with Gasteiger partial charge in [-0.2, -0.15) is 0 Å². The maximum Gasteiger partial charge on any atom is 0.191 e. The number of halogens is 1. The van der Waals surface area contributed by atoms with Gasteiger partial charge in [-0.05, 0) is 55.5 Å². The molecule has 0 bridgehead atoms. The summed E-state index contributed by atoms with van der Waals surface area (Å²) in [5.41, 5.74) is 4.62. The molecule has 0 atom stereocenters. The van der Waals surface area contributed by atoms with Crippen molar-refractivity contribution in [3.63, 3.8) is 0 Å². The Hall–Kier alpha value is -1.65. The number of aliphatic imine (C=N–C) groups is 1. The van der Waals surface area contributed by atoms with E-state index >= 15 is 0 Å². The molecular weight excluding hydrogens is 535 g/mol. The summed E-state index contributed by atoms with van der Waals surface area (Å²) in [6.45, 7) is 9.69. The van der Waals surface area contributed by atoms with Gasteiger partial charge in [-0.1, -0.05) is 36.4 Å². The van der Waals surface area contributed by atoms with Gasteiger partial charge in [-0.15, -0.1) is 24.0 Å². The van der Waals surface area contributed by atoms with E-state index in [-0.39, 0.29) is 29.5 Å². The number of aryl methyl sites for hydroxylation is 1. The van der Waals surface area contributed by atoms with Gasteiger partial charge < -0.3 is 10.6 Å². The van der Waals surface area contributed by atoms with Gasteiger partial charge >= 0.3 is 0 Å². The highest BCUT2D eigenvalue weighted by molar-refractivity contribution is 14.0. The predicted molar refractivity (Wildman–Crippen MR) is 143 cm³/mol. The Kier molecular flexibility index (Phi) is 9.13. The van der Waals surface area contributed by atoms with E-state index < -0.39 is 9.84 Å². The van der Waals surface area contributed by atoms with Gasteiger partial charge in [0.15, 0.2) is 15.8 Å². The Bertz CT molecular complexity index is 1070. The molecule has 2 aromatic rings. The van der Waals surface area contributed by atoms with Crippen LogP contribution in [0, 0.1) is 6.92 Å². The van der Waals surface area contributed by atoms with Gasteiger partial charge in [-0.25, -0.2) is 8.42 Å². The van der Waals surface area contributed by atoms with Gasteiger partial charge in [0.1, 0.15) is 0 Å². The zero-order valence-electron chi connectivity index (χ0n) is 19.6. The molecule has 0 fully saturated rings. The van der Waals surface area contributed by atoms with Crippen molar-refractivity contribution in [2.24, 2.45) is 4.99 Å². The van der Waals surface area contributed by atoms with Crippen LogP contribution in [0.2, 0.25) is 0 Å². The minimum atomic E-state index is -3.20. The molecular formula is C24H35IN4O2S. The van der Waals surface area contributed by atoms with Crippen LogP contribution in [0.15, 0.2) is 52.4 Å². The number of rotatable bonds is 6. The Morgan fingerprint density at radius 3 is 2.44 bits per heavy atom. The minimum absolute atomic E-state index is 0. The molecule has 6 nitrogen and oxygen atoms in total. The molecule has 32 heavy (non-hydrogen) atoms. The van der Waals surface area contributed by atoms with Gasteiger partial charge in [0, 0.05) is 45.0 Å². The van der Waals surface area contributed by atoms with Crippen molar-refractivity contribution in [2.45, 2.75) is 50.7 Å². The number of sulfone groups is 1. The Morgan fingerprint density at radius 1 is 1.12 bits per heavy atom. The van der Waals surface area contributed by atoms with E-state index in [0.717, 1.165) is 43.1 Å². The van der Waals surface area contributed by atoms with Crippen LogP contribution in [0.1, 0.15) is 36.1 Å². The van der Waals surface area contributed by atoms with Crippen LogP contribution in [0.4, 0.5) is 0 Å². The summed E-state index contributed by atoms with van der Waals surface area (Å²) in [4.78, 5) is 7.24. The van der Waals surface area contributed by atoms with Crippen LogP contribution < -0.4 is 10.6 Å². The lowest BCUT2D eigenvalue weighted by atomic mass is 9.94. The lowest BCUT2D eigenvalue weighted by Gasteiger charge is -2.42. The second-order valence-electron chi connectivity index (χ2n) is 8.90. The van der Waals surface area contributed by atoms with E-state index in [4.69, 9.17) is 0 Å². The third kappa shape index (κ3) is 6.68.